The molecule has 0 bridgehead atoms. The van der Waals surface area contributed by atoms with E-state index in [2.05, 4.69) is 10.2 Å². The molecule has 3 N–H and O–H groups in total. The monoisotopic (exact) mass is 369 g/mol. The number of hydrogen-bond donors (Lipinski definition) is 2. The third-order valence-corrected chi connectivity index (χ3v) is 5.02. The first-order valence-electron chi connectivity index (χ1n) is 9.19. The molecule has 2 aromatic rings. The number of carbonyl (C=O) groups excluding carboxylic acids is 2. The van der Waals surface area contributed by atoms with E-state index in [-0.39, 0.29) is 23.5 Å². The average Bonchev–Trinajstić information content (AvgIpc) is 2.68. The van der Waals surface area contributed by atoms with Gasteiger partial charge in [0.25, 0.3) is 5.91 Å². The topological polar surface area (TPSA) is 75.4 Å². The van der Waals surface area contributed by atoms with Crippen LogP contribution in [0.1, 0.15) is 28.8 Å². The van der Waals surface area contributed by atoms with Gasteiger partial charge in [0.1, 0.15) is 5.82 Å². The zero-order valence-electron chi connectivity index (χ0n) is 15.2. The molecule has 2 aromatic carbocycles. The minimum absolute atomic E-state index is 0.0188. The summed E-state index contributed by atoms with van der Waals surface area (Å²) in [5, 5.41) is 2.81. The predicted octanol–water partition coefficient (Wildman–Crippen LogP) is 2.82. The molecule has 0 unspecified atom stereocenters. The van der Waals surface area contributed by atoms with Crippen LogP contribution in [-0.4, -0.2) is 36.3 Å². The first-order chi connectivity index (χ1) is 13.0. The minimum Gasteiger partial charge on any atom is -0.369 e. The molecule has 3 rings (SSSR count). The first kappa shape index (κ1) is 19.0. The minimum atomic E-state index is -0.366. The maximum atomic E-state index is 12.9. The van der Waals surface area contributed by atoms with E-state index in [0.29, 0.717) is 11.3 Å². The van der Waals surface area contributed by atoms with E-state index in [0.717, 1.165) is 38.9 Å². The Hall–Kier alpha value is -2.73. The fourth-order valence-corrected chi connectivity index (χ4v) is 3.29. The van der Waals surface area contributed by atoms with Crippen molar-refractivity contribution in [1.29, 1.82) is 0 Å². The molecule has 142 valence electrons. The van der Waals surface area contributed by atoms with E-state index in [9.17, 15) is 14.0 Å². The van der Waals surface area contributed by atoms with E-state index in [1.165, 1.54) is 29.8 Å². The van der Waals surface area contributed by atoms with Gasteiger partial charge in [0.05, 0.1) is 0 Å². The Morgan fingerprint density at radius 1 is 1.04 bits per heavy atom. The zero-order valence-corrected chi connectivity index (χ0v) is 15.2. The van der Waals surface area contributed by atoms with E-state index in [1.54, 1.807) is 0 Å². The first-order valence-corrected chi connectivity index (χ1v) is 9.19. The number of amides is 2. The van der Waals surface area contributed by atoms with Gasteiger partial charge in [-0.25, -0.2) is 4.39 Å². The van der Waals surface area contributed by atoms with Gasteiger partial charge in [0.15, 0.2) is 0 Å². The van der Waals surface area contributed by atoms with Crippen LogP contribution >= 0.6 is 0 Å². The van der Waals surface area contributed by atoms with Crippen LogP contribution < -0.4 is 11.1 Å². The summed E-state index contributed by atoms with van der Waals surface area (Å²) in [6.07, 6.45) is 2.58. The number of likely N-dealkylation sites (tertiary alicyclic amines) is 1. The number of nitrogens with one attached hydrogen (secondary N) is 1. The summed E-state index contributed by atoms with van der Waals surface area (Å²) in [7, 11) is 0. The van der Waals surface area contributed by atoms with Crippen molar-refractivity contribution in [1.82, 2.24) is 4.90 Å². The lowest BCUT2D eigenvalue weighted by Gasteiger charge is -2.30. The van der Waals surface area contributed by atoms with Crippen LogP contribution in [-0.2, 0) is 11.2 Å². The second-order valence-corrected chi connectivity index (χ2v) is 6.93. The highest BCUT2D eigenvalue weighted by atomic mass is 19.1. The molecule has 0 aliphatic carbocycles. The van der Waals surface area contributed by atoms with E-state index in [1.807, 2.05) is 24.3 Å². The summed E-state index contributed by atoms with van der Waals surface area (Å²) >= 11 is 0. The van der Waals surface area contributed by atoms with Gasteiger partial charge >= 0.3 is 0 Å². The van der Waals surface area contributed by atoms with Crippen LogP contribution in [0.15, 0.2) is 48.5 Å². The summed E-state index contributed by atoms with van der Waals surface area (Å²) in [5.41, 5.74) is 7.67. The fourth-order valence-electron chi connectivity index (χ4n) is 3.29. The van der Waals surface area contributed by atoms with E-state index >= 15 is 0 Å². The molecule has 1 aliphatic rings. The highest BCUT2D eigenvalue weighted by Crippen LogP contribution is 2.18. The van der Waals surface area contributed by atoms with Gasteiger partial charge in [0.2, 0.25) is 5.91 Å². The molecule has 5 nitrogen and oxygen atoms in total. The number of benzene rings is 2. The van der Waals surface area contributed by atoms with Crippen molar-refractivity contribution < 1.29 is 14.0 Å². The molecular weight excluding hydrogens is 345 g/mol. The van der Waals surface area contributed by atoms with Crippen LogP contribution in [0.4, 0.5) is 10.1 Å². The number of nitrogens with two attached hydrogens (primary N) is 1. The lowest BCUT2D eigenvalue weighted by Crippen LogP contribution is -2.39. The number of rotatable bonds is 6. The Morgan fingerprint density at radius 2 is 1.67 bits per heavy atom. The Labute approximate surface area is 158 Å². The van der Waals surface area contributed by atoms with Gasteiger partial charge in [-0.15, -0.1) is 0 Å². The number of hydrogen-bond acceptors (Lipinski definition) is 3. The van der Waals surface area contributed by atoms with Gasteiger partial charge in [0, 0.05) is 23.7 Å². The van der Waals surface area contributed by atoms with Crippen molar-refractivity contribution in [2.24, 2.45) is 11.7 Å². The van der Waals surface area contributed by atoms with Crippen molar-refractivity contribution in [3.05, 3.63) is 65.5 Å². The lowest BCUT2D eigenvalue weighted by atomic mass is 9.96. The second-order valence-electron chi connectivity index (χ2n) is 6.93. The van der Waals surface area contributed by atoms with Crippen LogP contribution in [0.25, 0.3) is 0 Å². The highest BCUT2D eigenvalue weighted by molar-refractivity contribution is 6.04. The summed E-state index contributed by atoms with van der Waals surface area (Å²) in [5.74, 6) is -0.798. The normalized spacial score (nSPS) is 15.4. The van der Waals surface area contributed by atoms with Gasteiger partial charge < -0.3 is 16.0 Å². The SMILES string of the molecule is NC(=O)C1CCN(CCc2ccc(NC(=O)c3ccc(F)cc3)cc2)CC1. The lowest BCUT2D eigenvalue weighted by molar-refractivity contribution is -0.123. The molecule has 1 heterocycles. The van der Waals surface area contributed by atoms with Crippen molar-refractivity contribution in [3.8, 4) is 0 Å². The molecule has 6 heteroatoms. The van der Waals surface area contributed by atoms with Crippen LogP contribution in [0.2, 0.25) is 0 Å². The molecule has 1 saturated heterocycles. The Balaban J connectivity index is 1.47. The number of primary amides is 1. The summed E-state index contributed by atoms with van der Waals surface area (Å²) in [6, 6.07) is 13.2. The molecule has 27 heavy (non-hydrogen) atoms. The molecule has 1 fully saturated rings. The quantitative estimate of drug-likeness (QED) is 0.822. The third kappa shape index (κ3) is 5.37. The van der Waals surface area contributed by atoms with Crippen LogP contribution in [0, 0.1) is 11.7 Å². The van der Waals surface area contributed by atoms with Gasteiger partial charge in [-0.3, -0.25) is 9.59 Å². The zero-order chi connectivity index (χ0) is 19.2. The molecule has 0 atom stereocenters. The largest absolute Gasteiger partial charge is 0.369 e. The molecule has 0 spiro atoms. The van der Waals surface area contributed by atoms with E-state index < -0.39 is 0 Å². The van der Waals surface area contributed by atoms with Gasteiger partial charge in [-0.1, -0.05) is 12.1 Å². The second kappa shape index (κ2) is 8.77. The Morgan fingerprint density at radius 3 is 2.26 bits per heavy atom. The standard InChI is InChI=1S/C21H24FN3O2/c22-18-5-3-17(4-6-18)21(27)24-19-7-1-15(2-8-19)9-12-25-13-10-16(11-14-25)20(23)26/h1-8,16H,9-14H2,(H2,23,26)(H,24,27). The van der Waals surface area contributed by atoms with Crippen LogP contribution in [0.3, 0.4) is 0 Å². The molecule has 2 amide bonds. The maximum absolute atomic E-state index is 12.9. The Bertz CT molecular complexity index is 782. The van der Waals surface area contributed by atoms with Crippen molar-refractivity contribution in [3.63, 3.8) is 0 Å². The fraction of sp³-hybridized carbons (Fsp3) is 0.333. The molecule has 0 aromatic heterocycles. The molecular formula is C21H24FN3O2. The molecule has 0 saturated carbocycles. The van der Waals surface area contributed by atoms with Crippen LogP contribution in [0.5, 0.6) is 0 Å². The Kier molecular flexibility index (Phi) is 6.19. The molecule has 1 aliphatic heterocycles. The van der Waals surface area contributed by atoms with Crippen molar-refractivity contribution in [2.45, 2.75) is 19.3 Å². The number of nitrogens with zero attached hydrogens (tertiary/aromatic N) is 1. The number of halogens is 1. The highest BCUT2D eigenvalue weighted by Gasteiger charge is 2.22. The van der Waals surface area contributed by atoms with Gasteiger partial charge in [-0.2, -0.15) is 0 Å². The third-order valence-electron chi connectivity index (χ3n) is 5.02. The van der Waals surface area contributed by atoms with Gasteiger partial charge in [-0.05, 0) is 74.3 Å². The molecule has 0 radical (unpaired) electrons. The maximum Gasteiger partial charge on any atom is 0.255 e. The number of anilines is 1. The number of carbonyl (C=O) groups is 2. The van der Waals surface area contributed by atoms with E-state index in [4.69, 9.17) is 5.73 Å². The summed E-state index contributed by atoms with van der Waals surface area (Å²) in [4.78, 5) is 25.7. The predicted molar refractivity (Wildman–Crippen MR) is 103 cm³/mol. The summed E-state index contributed by atoms with van der Waals surface area (Å²) < 4.78 is 12.9. The number of piperidine rings is 1. The van der Waals surface area contributed by atoms with Crippen molar-refractivity contribution in [2.75, 3.05) is 25.0 Å². The van der Waals surface area contributed by atoms with Crippen molar-refractivity contribution >= 4 is 17.5 Å². The summed E-state index contributed by atoms with van der Waals surface area (Å²) in [6.45, 7) is 2.74. The smallest absolute Gasteiger partial charge is 0.255 e. The average molecular weight is 369 g/mol.